The SMILES string of the molecule is C#CC(=O)c1ccccc1Br.C=C(C)C(=C)C.CC1=C(C)CC2(C(=O)c3ccccc3Br)CC(C)=C(C)CC2C1.C[CH2][Al]([Cl])[Cl]. The molecule has 0 spiro atoms. The minimum Gasteiger partial charge on any atom is -0.293 e. The van der Waals surface area contributed by atoms with Crippen molar-refractivity contribution < 1.29 is 9.59 Å². The quantitative estimate of drug-likeness (QED) is 0.0755. The fraction of sp³-hybridized carbons (Fsp3) is 0.368. The third kappa shape index (κ3) is 12.5. The van der Waals surface area contributed by atoms with Gasteiger partial charge in [-0.15, -0.1) is 6.42 Å². The Hall–Kier alpha value is -1.63. The highest BCUT2D eigenvalue weighted by Gasteiger charge is 2.50. The lowest BCUT2D eigenvalue weighted by Gasteiger charge is -2.47. The highest BCUT2D eigenvalue weighted by Crippen LogP contribution is 2.55. The number of hydrogen-bond acceptors (Lipinski definition) is 2. The molecule has 240 valence electrons. The van der Waals surface area contributed by atoms with Crippen molar-refractivity contribution in [2.45, 2.75) is 79.4 Å². The summed E-state index contributed by atoms with van der Waals surface area (Å²) in [5, 5.41) is 0.975. The van der Waals surface area contributed by atoms with Crippen molar-refractivity contribution in [2.24, 2.45) is 11.3 Å². The number of benzene rings is 2. The van der Waals surface area contributed by atoms with E-state index in [2.05, 4.69) is 78.6 Å². The topological polar surface area (TPSA) is 34.1 Å². The molecule has 0 bridgehead atoms. The van der Waals surface area contributed by atoms with Gasteiger partial charge in [0.1, 0.15) is 0 Å². The fourth-order valence-corrected chi connectivity index (χ4v) is 6.06. The molecule has 0 saturated heterocycles. The van der Waals surface area contributed by atoms with Crippen molar-refractivity contribution in [1.29, 1.82) is 0 Å². The van der Waals surface area contributed by atoms with Gasteiger partial charge in [0.25, 0.3) is 0 Å². The second-order valence-corrected chi connectivity index (χ2v) is 19.0. The highest BCUT2D eigenvalue weighted by molar-refractivity contribution is 9.10. The van der Waals surface area contributed by atoms with Gasteiger partial charge < -0.3 is 0 Å². The maximum Gasteiger partial charge on any atom is 0.519 e. The molecule has 2 nitrogen and oxygen atoms in total. The van der Waals surface area contributed by atoms with Crippen LogP contribution in [0, 0.1) is 23.7 Å². The molecule has 0 N–H and O–H groups in total. The van der Waals surface area contributed by atoms with E-state index < -0.39 is 12.3 Å². The fourth-order valence-electron chi connectivity index (χ4n) is 5.13. The van der Waals surface area contributed by atoms with E-state index >= 15 is 0 Å². The summed E-state index contributed by atoms with van der Waals surface area (Å²) in [6.07, 6.45) is 8.90. The lowest BCUT2D eigenvalue weighted by Crippen LogP contribution is -2.44. The average Bonchev–Trinajstić information content (AvgIpc) is 2.99. The smallest absolute Gasteiger partial charge is 0.293 e. The molecular formula is C38H45AlBr2Cl2O2. The first-order valence-corrected chi connectivity index (χ1v) is 20.9. The zero-order valence-corrected chi connectivity index (χ0v) is 33.5. The molecule has 0 heterocycles. The van der Waals surface area contributed by atoms with Crippen molar-refractivity contribution in [3.05, 3.63) is 115 Å². The van der Waals surface area contributed by atoms with Gasteiger partial charge in [-0.3, -0.25) is 9.59 Å². The van der Waals surface area contributed by atoms with Gasteiger partial charge in [0.2, 0.25) is 5.78 Å². The molecule has 0 amide bonds. The molecule has 7 heteroatoms. The summed E-state index contributed by atoms with van der Waals surface area (Å²) in [4.78, 5) is 24.6. The summed E-state index contributed by atoms with van der Waals surface area (Å²) in [6.45, 7) is 22.1. The first-order valence-electron chi connectivity index (χ1n) is 15.0. The second kappa shape index (κ2) is 19.9. The Balaban J connectivity index is 0.000000380. The number of allylic oxidation sites excluding steroid dienone is 6. The van der Waals surface area contributed by atoms with Gasteiger partial charge in [-0.25, -0.2) is 20.1 Å². The number of carbonyl (C=O) groups excluding carboxylic acids is 2. The number of Topliss-reactive ketones (excluding diaryl/α,β-unsaturated/α-hetero) is 2. The maximum absolute atomic E-state index is 13.6. The highest BCUT2D eigenvalue weighted by atomic mass is 79.9. The Morgan fingerprint density at radius 1 is 0.844 bits per heavy atom. The number of fused-ring (bicyclic) bond motifs is 1. The molecule has 45 heavy (non-hydrogen) atoms. The van der Waals surface area contributed by atoms with Crippen LogP contribution in [0.15, 0.2) is 104 Å². The number of hydrogen-bond donors (Lipinski definition) is 0. The molecular weight excluding hydrogens is 746 g/mol. The second-order valence-electron chi connectivity index (χ2n) is 11.9. The van der Waals surface area contributed by atoms with Crippen LogP contribution in [0.4, 0.5) is 0 Å². The summed E-state index contributed by atoms with van der Waals surface area (Å²) >= 11 is 5.60. The lowest BCUT2D eigenvalue weighted by atomic mass is 9.55. The van der Waals surface area contributed by atoms with Crippen LogP contribution in [0.3, 0.4) is 0 Å². The van der Waals surface area contributed by atoms with E-state index in [0.717, 1.165) is 56.6 Å². The van der Waals surface area contributed by atoms with Gasteiger partial charge in [-0.2, -0.15) is 0 Å². The molecule has 2 aliphatic carbocycles. The molecule has 0 unspecified atom stereocenters. The number of rotatable bonds is 5. The minimum atomic E-state index is -1.21. The Kier molecular flexibility index (Phi) is 18.3. The molecule has 0 aliphatic heterocycles. The minimum absolute atomic E-state index is 0.253. The van der Waals surface area contributed by atoms with Crippen LogP contribution >= 0.6 is 52.0 Å². The average molecular weight is 791 g/mol. The standard InChI is InChI=1S/C21H25BrO.C9H5BrO.C6H10.C2H5.Al.2ClH/c1-13-9-17-10-14(2)16(4)12-21(17,11-15(13)3)20(23)18-7-5-6-8-19(18)22;1-2-9(11)7-5-3-4-6-8(7)10;1-5(2)6(3)4;1-2;;;/h5-8,17H,9-12H2,1-4H3;1,3-6H;1,3H2,2,4H3;1H2,2H3;;2*1H/q;;;;+2;;/p-2. The Bertz CT molecular complexity index is 1460. The molecule has 0 saturated carbocycles. The van der Waals surface area contributed by atoms with E-state index in [1.54, 1.807) is 18.2 Å². The number of halogens is 4. The van der Waals surface area contributed by atoms with Crippen LogP contribution in [0.2, 0.25) is 5.28 Å². The molecule has 0 atom stereocenters. The van der Waals surface area contributed by atoms with Crippen molar-refractivity contribution in [3.8, 4) is 12.3 Å². The van der Waals surface area contributed by atoms with E-state index in [1.807, 2.05) is 51.1 Å². The molecule has 2 aromatic carbocycles. The molecule has 0 aromatic heterocycles. The van der Waals surface area contributed by atoms with Crippen molar-refractivity contribution in [3.63, 3.8) is 0 Å². The summed E-state index contributed by atoms with van der Waals surface area (Å²) in [5.74, 6) is 2.53. The van der Waals surface area contributed by atoms with Gasteiger partial charge in [0.15, 0.2) is 5.78 Å². The Morgan fingerprint density at radius 3 is 1.56 bits per heavy atom. The predicted molar refractivity (Wildman–Crippen MR) is 204 cm³/mol. The lowest BCUT2D eigenvalue weighted by molar-refractivity contribution is 0.0604. The van der Waals surface area contributed by atoms with Crippen LogP contribution in [0.25, 0.3) is 0 Å². The number of terminal acetylenes is 1. The van der Waals surface area contributed by atoms with Gasteiger partial charge in [0, 0.05) is 25.5 Å². The summed E-state index contributed by atoms with van der Waals surface area (Å²) in [6, 6.07) is 15.0. The van der Waals surface area contributed by atoms with E-state index in [1.165, 1.54) is 22.3 Å². The third-order valence-corrected chi connectivity index (χ3v) is 12.2. The van der Waals surface area contributed by atoms with Crippen molar-refractivity contribution >= 4 is 75.8 Å². The van der Waals surface area contributed by atoms with E-state index in [-0.39, 0.29) is 11.2 Å². The zero-order chi connectivity index (χ0) is 34.5. The van der Waals surface area contributed by atoms with Gasteiger partial charge in [-0.1, -0.05) is 121 Å². The normalized spacial score (nSPS) is 18.3. The largest absolute Gasteiger partial charge is 0.519 e. The van der Waals surface area contributed by atoms with Crippen LogP contribution in [-0.4, -0.2) is 23.9 Å². The monoisotopic (exact) mass is 788 g/mol. The summed E-state index contributed by atoms with van der Waals surface area (Å²) in [7, 11) is 10.7. The zero-order valence-electron chi connectivity index (χ0n) is 27.6. The van der Waals surface area contributed by atoms with Crippen LogP contribution < -0.4 is 0 Å². The first kappa shape index (κ1) is 41.4. The molecule has 0 fully saturated rings. The Morgan fingerprint density at radius 2 is 1.22 bits per heavy atom. The number of ketones is 2. The Labute approximate surface area is 301 Å². The van der Waals surface area contributed by atoms with Crippen molar-refractivity contribution in [1.82, 2.24) is 0 Å². The van der Waals surface area contributed by atoms with Gasteiger partial charge >= 0.3 is 12.3 Å². The third-order valence-electron chi connectivity index (χ3n) is 8.36. The van der Waals surface area contributed by atoms with Crippen LogP contribution in [-0.2, 0) is 0 Å². The van der Waals surface area contributed by atoms with Crippen molar-refractivity contribution in [2.75, 3.05) is 0 Å². The van der Waals surface area contributed by atoms with Crippen LogP contribution in [0.1, 0.15) is 94.9 Å². The number of carbonyl (C=O) groups is 2. The van der Waals surface area contributed by atoms with Gasteiger partial charge in [-0.05, 0) is 97.3 Å². The van der Waals surface area contributed by atoms with Gasteiger partial charge in [0.05, 0.1) is 0 Å². The van der Waals surface area contributed by atoms with E-state index in [0.29, 0.717) is 17.3 Å². The first-order chi connectivity index (χ1) is 21.0. The summed E-state index contributed by atoms with van der Waals surface area (Å²) in [5.41, 5.74) is 9.05. The van der Waals surface area contributed by atoms with E-state index in [9.17, 15) is 9.59 Å². The molecule has 4 rings (SSSR count). The maximum atomic E-state index is 13.6. The molecule has 2 aliphatic rings. The molecule has 2 aromatic rings. The predicted octanol–water partition coefficient (Wildman–Crippen LogP) is 12.9. The van der Waals surface area contributed by atoms with Crippen LogP contribution in [0.5, 0.6) is 0 Å². The summed E-state index contributed by atoms with van der Waals surface area (Å²) < 4.78 is 1.66. The van der Waals surface area contributed by atoms with E-state index in [4.69, 9.17) is 26.5 Å². The molecule has 0 radical (unpaired) electrons.